The van der Waals surface area contributed by atoms with Gasteiger partial charge in [-0.3, -0.25) is 9.59 Å². The fraction of sp³-hybridized carbons (Fsp3) is 0.550. The van der Waals surface area contributed by atoms with Crippen molar-refractivity contribution in [3.05, 3.63) is 35.9 Å². The highest BCUT2D eigenvalue weighted by Gasteiger charge is 2.30. The van der Waals surface area contributed by atoms with Crippen molar-refractivity contribution in [1.82, 2.24) is 16.0 Å². The zero-order valence-electron chi connectivity index (χ0n) is 15.9. The SMILES string of the molecule is CC(C)C[C@H](NC(=O)[C@H](Cc1ccccc1)NC(=O)[C@@H]1CCCN1)C(=O)O. The third-order valence-electron chi connectivity index (χ3n) is 4.61. The quantitative estimate of drug-likeness (QED) is 0.517. The summed E-state index contributed by atoms with van der Waals surface area (Å²) in [4.78, 5) is 36.7. The predicted octanol–water partition coefficient (Wildman–Crippen LogP) is 1.08. The van der Waals surface area contributed by atoms with E-state index in [1.165, 1.54) is 0 Å². The van der Waals surface area contributed by atoms with Gasteiger partial charge in [-0.1, -0.05) is 44.2 Å². The Labute approximate surface area is 159 Å². The van der Waals surface area contributed by atoms with Crippen LogP contribution in [0.25, 0.3) is 0 Å². The van der Waals surface area contributed by atoms with Gasteiger partial charge in [0.25, 0.3) is 0 Å². The standard InChI is InChI=1S/C20H29N3O4/c1-13(2)11-17(20(26)27)23-19(25)16(12-14-7-4-3-5-8-14)22-18(24)15-9-6-10-21-15/h3-5,7-8,13,15-17,21H,6,9-12H2,1-2H3,(H,22,24)(H,23,25)(H,26,27)/t15-,16-,17-/m0/s1. The average Bonchev–Trinajstić information content (AvgIpc) is 3.15. The Hall–Kier alpha value is -2.41. The second-order valence-corrected chi connectivity index (χ2v) is 7.43. The molecule has 0 aromatic heterocycles. The van der Waals surface area contributed by atoms with Crippen LogP contribution in [0, 0.1) is 5.92 Å². The predicted molar refractivity (Wildman–Crippen MR) is 102 cm³/mol. The third kappa shape index (κ3) is 6.67. The number of nitrogens with one attached hydrogen (secondary N) is 3. The first-order chi connectivity index (χ1) is 12.9. The first-order valence-corrected chi connectivity index (χ1v) is 9.47. The molecule has 27 heavy (non-hydrogen) atoms. The minimum absolute atomic E-state index is 0.122. The Balaban J connectivity index is 2.10. The zero-order valence-corrected chi connectivity index (χ0v) is 15.9. The summed E-state index contributed by atoms with van der Waals surface area (Å²) in [5, 5.41) is 17.9. The van der Waals surface area contributed by atoms with Crippen molar-refractivity contribution in [3.63, 3.8) is 0 Å². The van der Waals surface area contributed by atoms with E-state index in [1.807, 2.05) is 44.2 Å². The molecule has 0 bridgehead atoms. The van der Waals surface area contributed by atoms with Crippen LogP contribution in [0.3, 0.4) is 0 Å². The van der Waals surface area contributed by atoms with Gasteiger partial charge in [0.05, 0.1) is 6.04 Å². The largest absolute Gasteiger partial charge is 0.480 e. The van der Waals surface area contributed by atoms with E-state index in [9.17, 15) is 19.5 Å². The van der Waals surface area contributed by atoms with Crippen LogP contribution < -0.4 is 16.0 Å². The van der Waals surface area contributed by atoms with E-state index < -0.39 is 24.0 Å². The number of amides is 2. The molecule has 0 saturated carbocycles. The average molecular weight is 375 g/mol. The number of carbonyl (C=O) groups excluding carboxylic acids is 2. The summed E-state index contributed by atoms with van der Waals surface area (Å²) in [5.74, 6) is -1.65. The molecule has 7 nitrogen and oxygen atoms in total. The van der Waals surface area contributed by atoms with Crippen molar-refractivity contribution in [3.8, 4) is 0 Å². The summed E-state index contributed by atoms with van der Waals surface area (Å²) in [5.41, 5.74) is 0.896. The number of hydrogen-bond donors (Lipinski definition) is 4. The Kier molecular flexibility index (Phi) is 7.79. The van der Waals surface area contributed by atoms with Gasteiger partial charge in [-0.05, 0) is 37.3 Å². The minimum Gasteiger partial charge on any atom is -0.480 e. The van der Waals surface area contributed by atoms with Crippen LogP contribution in [-0.2, 0) is 20.8 Å². The topological polar surface area (TPSA) is 108 Å². The van der Waals surface area contributed by atoms with E-state index >= 15 is 0 Å². The molecule has 1 aromatic rings. The van der Waals surface area contributed by atoms with Crippen LogP contribution in [-0.4, -0.2) is 47.6 Å². The van der Waals surface area contributed by atoms with Gasteiger partial charge in [-0.15, -0.1) is 0 Å². The summed E-state index contributed by atoms with van der Waals surface area (Å²) in [6, 6.07) is 7.26. The lowest BCUT2D eigenvalue weighted by atomic mass is 10.0. The summed E-state index contributed by atoms with van der Waals surface area (Å²) >= 11 is 0. The van der Waals surface area contributed by atoms with E-state index in [-0.39, 0.29) is 17.9 Å². The monoisotopic (exact) mass is 375 g/mol. The van der Waals surface area contributed by atoms with E-state index in [2.05, 4.69) is 16.0 Å². The number of rotatable bonds is 9. The zero-order chi connectivity index (χ0) is 19.8. The molecule has 0 spiro atoms. The smallest absolute Gasteiger partial charge is 0.326 e. The Morgan fingerprint density at radius 3 is 2.41 bits per heavy atom. The first kappa shape index (κ1) is 20.9. The Morgan fingerprint density at radius 1 is 1.15 bits per heavy atom. The van der Waals surface area contributed by atoms with E-state index in [0.29, 0.717) is 12.8 Å². The molecule has 0 unspecified atom stereocenters. The van der Waals surface area contributed by atoms with Gasteiger partial charge in [0.15, 0.2) is 0 Å². The number of carboxylic acid groups (broad SMARTS) is 1. The van der Waals surface area contributed by atoms with E-state index in [0.717, 1.165) is 24.9 Å². The summed E-state index contributed by atoms with van der Waals surface area (Å²) in [6.45, 7) is 4.58. The van der Waals surface area contributed by atoms with Crippen molar-refractivity contribution in [2.24, 2.45) is 5.92 Å². The van der Waals surface area contributed by atoms with E-state index in [4.69, 9.17) is 0 Å². The highest BCUT2D eigenvalue weighted by molar-refractivity contribution is 5.92. The van der Waals surface area contributed by atoms with Crippen molar-refractivity contribution >= 4 is 17.8 Å². The lowest BCUT2D eigenvalue weighted by Gasteiger charge is -2.23. The van der Waals surface area contributed by atoms with E-state index in [1.54, 1.807) is 0 Å². The van der Waals surface area contributed by atoms with Crippen molar-refractivity contribution in [2.75, 3.05) is 6.54 Å². The molecule has 2 amide bonds. The summed E-state index contributed by atoms with van der Waals surface area (Å²) in [6.07, 6.45) is 2.29. The van der Waals surface area contributed by atoms with Crippen LogP contribution in [0.2, 0.25) is 0 Å². The number of aliphatic carboxylic acids is 1. The normalized spacial score (nSPS) is 18.7. The van der Waals surface area contributed by atoms with Gasteiger partial charge in [0.1, 0.15) is 12.1 Å². The van der Waals surface area contributed by atoms with Crippen LogP contribution >= 0.6 is 0 Å². The van der Waals surface area contributed by atoms with Crippen LogP contribution in [0.1, 0.15) is 38.7 Å². The minimum atomic E-state index is -1.07. The van der Waals surface area contributed by atoms with Gasteiger partial charge in [-0.2, -0.15) is 0 Å². The Bertz CT molecular complexity index is 642. The molecule has 1 fully saturated rings. The number of hydrogen-bond acceptors (Lipinski definition) is 4. The third-order valence-corrected chi connectivity index (χ3v) is 4.61. The molecule has 0 aliphatic carbocycles. The molecule has 3 atom stereocenters. The summed E-state index contributed by atoms with van der Waals surface area (Å²) in [7, 11) is 0. The molecule has 7 heteroatoms. The van der Waals surface area contributed by atoms with Gasteiger partial charge in [-0.25, -0.2) is 4.79 Å². The fourth-order valence-electron chi connectivity index (χ4n) is 3.20. The number of carboxylic acids is 1. The van der Waals surface area contributed by atoms with Crippen LogP contribution in [0.15, 0.2) is 30.3 Å². The summed E-state index contributed by atoms with van der Waals surface area (Å²) < 4.78 is 0. The number of benzene rings is 1. The highest BCUT2D eigenvalue weighted by atomic mass is 16.4. The van der Waals surface area contributed by atoms with Crippen LogP contribution in [0.5, 0.6) is 0 Å². The number of carbonyl (C=O) groups is 3. The molecule has 1 aromatic carbocycles. The molecule has 148 valence electrons. The first-order valence-electron chi connectivity index (χ1n) is 9.47. The lowest BCUT2D eigenvalue weighted by molar-refractivity contribution is -0.142. The molecule has 1 aliphatic rings. The lowest BCUT2D eigenvalue weighted by Crippen LogP contribution is -2.55. The fourth-order valence-corrected chi connectivity index (χ4v) is 3.20. The molecular formula is C20H29N3O4. The maximum atomic E-state index is 12.8. The van der Waals surface area contributed by atoms with Gasteiger partial charge in [0, 0.05) is 6.42 Å². The van der Waals surface area contributed by atoms with Crippen LogP contribution in [0.4, 0.5) is 0 Å². The van der Waals surface area contributed by atoms with Gasteiger partial charge in [0.2, 0.25) is 11.8 Å². The van der Waals surface area contributed by atoms with Gasteiger partial charge < -0.3 is 21.1 Å². The molecule has 1 aliphatic heterocycles. The molecule has 2 rings (SSSR count). The maximum Gasteiger partial charge on any atom is 0.326 e. The van der Waals surface area contributed by atoms with Crippen molar-refractivity contribution < 1.29 is 19.5 Å². The molecule has 1 saturated heterocycles. The second kappa shape index (κ2) is 10.1. The highest BCUT2D eigenvalue weighted by Crippen LogP contribution is 2.10. The molecule has 0 radical (unpaired) electrons. The molecular weight excluding hydrogens is 346 g/mol. The maximum absolute atomic E-state index is 12.8. The van der Waals surface area contributed by atoms with Gasteiger partial charge >= 0.3 is 5.97 Å². The van der Waals surface area contributed by atoms with Crippen molar-refractivity contribution in [1.29, 1.82) is 0 Å². The molecule has 1 heterocycles. The Morgan fingerprint density at radius 2 is 1.85 bits per heavy atom. The molecule has 4 N–H and O–H groups in total. The second-order valence-electron chi connectivity index (χ2n) is 7.43. The van der Waals surface area contributed by atoms with Crippen molar-refractivity contribution in [2.45, 2.75) is 57.7 Å².